The second kappa shape index (κ2) is 8.65. The highest BCUT2D eigenvalue weighted by molar-refractivity contribution is 7.80. The Hall–Kier alpha value is -2.87. The molecule has 3 aromatic rings. The Morgan fingerprint density at radius 2 is 1.79 bits per heavy atom. The van der Waals surface area contributed by atoms with Crippen molar-refractivity contribution in [3.8, 4) is 11.3 Å². The monoisotopic (exact) mass is 448 g/mol. The normalized spacial score (nSPS) is 10.4. The fourth-order valence-corrected chi connectivity index (χ4v) is 3.11. The Bertz CT molecular complexity index is 1130. The van der Waals surface area contributed by atoms with E-state index in [9.17, 15) is 9.59 Å². The van der Waals surface area contributed by atoms with Crippen LogP contribution < -0.4 is 10.6 Å². The molecular weight excluding hydrogens is 435 g/mol. The number of nitrogens with one attached hydrogen (secondary N) is 2. The fourth-order valence-electron chi connectivity index (χ4n) is 2.45. The molecule has 0 radical (unpaired) electrons. The molecule has 0 saturated carbocycles. The largest absolute Gasteiger partial charge is 0.478 e. The summed E-state index contributed by atoms with van der Waals surface area (Å²) in [5.41, 5.74) is 2.08. The number of hydrogen-bond acceptors (Lipinski definition) is 4. The Morgan fingerprint density at radius 1 is 1.03 bits per heavy atom. The van der Waals surface area contributed by atoms with Gasteiger partial charge in [-0.1, -0.05) is 35.3 Å². The van der Waals surface area contributed by atoms with E-state index in [0.29, 0.717) is 16.5 Å². The first-order valence-corrected chi connectivity index (χ1v) is 9.42. The van der Waals surface area contributed by atoms with Crippen LogP contribution in [-0.2, 0) is 0 Å². The van der Waals surface area contributed by atoms with Crippen molar-refractivity contribution in [2.75, 3.05) is 5.32 Å². The fraction of sp³-hybridized carbons (Fsp3) is 0.0500. The van der Waals surface area contributed by atoms with Crippen LogP contribution in [0, 0.1) is 6.92 Å². The van der Waals surface area contributed by atoms with Crippen LogP contribution in [-0.4, -0.2) is 22.1 Å². The molecule has 3 N–H and O–H groups in total. The topological polar surface area (TPSA) is 91.6 Å². The molecule has 0 aliphatic heterocycles. The van der Waals surface area contributed by atoms with Crippen molar-refractivity contribution < 1.29 is 19.1 Å². The molecule has 0 aliphatic carbocycles. The minimum Gasteiger partial charge on any atom is -0.478 e. The van der Waals surface area contributed by atoms with Gasteiger partial charge >= 0.3 is 5.97 Å². The van der Waals surface area contributed by atoms with Crippen molar-refractivity contribution in [3.05, 3.63) is 75.5 Å². The molecule has 9 heteroatoms. The van der Waals surface area contributed by atoms with Crippen molar-refractivity contribution in [2.24, 2.45) is 0 Å². The number of carbonyl (C=O) groups excluding carboxylic acids is 1. The highest BCUT2D eigenvalue weighted by Gasteiger charge is 2.15. The first kappa shape index (κ1) is 20.9. The third kappa shape index (κ3) is 4.95. The average Bonchev–Trinajstić information content (AvgIpc) is 3.14. The lowest BCUT2D eigenvalue weighted by molar-refractivity contribution is 0.0697. The number of halogens is 2. The molecule has 29 heavy (non-hydrogen) atoms. The maximum absolute atomic E-state index is 12.4. The van der Waals surface area contributed by atoms with Gasteiger partial charge in [0.2, 0.25) is 0 Å². The standard InChI is InChI=1S/C20H14Cl2N2O4S/c1-10-2-3-11(8-14(10)21)16-6-7-17(28-16)18(25)24-20(29)23-12-4-5-13(19(26)27)15(22)9-12/h2-9H,1H3,(H,26,27)(H2,23,24,25,29). The van der Waals surface area contributed by atoms with Crippen LogP contribution in [0.2, 0.25) is 10.0 Å². The summed E-state index contributed by atoms with van der Waals surface area (Å²) in [5.74, 6) is -1.12. The van der Waals surface area contributed by atoms with Gasteiger partial charge in [-0.2, -0.15) is 0 Å². The summed E-state index contributed by atoms with van der Waals surface area (Å²) in [6, 6.07) is 12.9. The van der Waals surface area contributed by atoms with Crippen molar-refractivity contribution in [2.45, 2.75) is 6.92 Å². The number of aryl methyl sites for hydroxylation is 1. The maximum Gasteiger partial charge on any atom is 0.337 e. The molecular formula is C20H14Cl2N2O4S. The number of carboxylic acid groups (broad SMARTS) is 1. The summed E-state index contributed by atoms with van der Waals surface area (Å²) < 4.78 is 5.59. The zero-order valence-electron chi connectivity index (χ0n) is 15.0. The van der Waals surface area contributed by atoms with Crippen LogP contribution in [0.4, 0.5) is 5.69 Å². The molecule has 1 aromatic heterocycles. The molecule has 1 heterocycles. The van der Waals surface area contributed by atoms with E-state index in [1.54, 1.807) is 12.1 Å². The van der Waals surface area contributed by atoms with Crippen molar-refractivity contribution in [1.82, 2.24) is 5.32 Å². The van der Waals surface area contributed by atoms with Crippen LogP contribution in [0.25, 0.3) is 11.3 Å². The first-order valence-electron chi connectivity index (χ1n) is 8.26. The van der Waals surface area contributed by atoms with Gasteiger partial charge < -0.3 is 14.8 Å². The van der Waals surface area contributed by atoms with E-state index < -0.39 is 11.9 Å². The van der Waals surface area contributed by atoms with Crippen LogP contribution in [0.5, 0.6) is 0 Å². The van der Waals surface area contributed by atoms with Gasteiger partial charge in [-0.25, -0.2) is 4.79 Å². The Labute approximate surface area is 181 Å². The number of carbonyl (C=O) groups is 2. The van der Waals surface area contributed by atoms with E-state index in [-0.39, 0.29) is 21.5 Å². The number of anilines is 1. The van der Waals surface area contributed by atoms with E-state index in [0.717, 1.165) is 11.1 Å². The zero-order chi connectivity index (χ0) is 21.1. The highest BCUT2D eigenvalue weighted by Crippen LogP contribution is 2.27. The molecule has 6 nitrogen and oxygen atoms in total. The summed E-state index contributed by atoms with van der Waals surface area (Å²) in [6.45, 7) is 1.89. The molecule has 2 aromatic carbocycles. The molecule has 148 valence electrons. The van der Waals surface area contributed by atoms with Crippen molar-refractivity contribution in [3.63, 3.8) is 0 Å². The number of aromatic carboxylic acids is 1. The molecule has 3 rings (SSSR count). The smallest absolute Gasteiger partial charge is 0.337 e. The molecule has 0 spiro atoms. The minimum atomic E-state index is -1.14. The van der Waals surface area contributed by atoms with Crippen LogP contribution in [0.15, 0.2) is 52.9 Å². The van der Waals surface area contributed by atoms with Crippen molar-refractivity contribution >= 4 is 58.1 Å². The Balaban J connectivity index is 1.66. The predicted molar refractivity (Wildman–Crippen MR) is 116 cm³/mol. The third-order valence-corrected chi connectivity index (χ3v) is 4.89. The molecule has 0 fully saturated rings. The van der Waals surface area contributed by atoms with Crippen molar-refractivity contribution in [1.29, 1.82) is 0 Å². The minimum absolute atomic E-state index is 0.00507. The number of furan rings is 1. The lowest BCUT2D eigenvalue weighted by atomic mass is 10.1. The van der Waals surface area contributed by atoms with Gasteiger partial charge in [0.25, 0.3) is 5.91 Å². The summed E-state index contributed by atoms with van der Waals surface area (Å²) >= 11 is 17.2. The summed E-state index contributed by atoms with van der Waals surface area (Å²) in [6.07, 6.45) is 0. The second-order valence-electron chi connectivity index (χ2n) is 6.04. The first-order chi connectivity index (χ1) is 13.7. The van der Waals surface area contributed by atoms with E-state index >= 15 is 0 Å². The molecule has 0 atom stereocenters. The SMILES string of the molecule is Cc1ccc(-c2ccc(C(=O)NC(=S)Nc3ccc(C(=O)O)c(Cl)c3)o2)cc1Cl. The number of carboxylic acids is 1. The quantitative estimate of drug-likeness (QED) is 0.463. The van der Waals surface area contributed by atoms with Gasteiger partial charge in [0.05, 0.1) is 10.6 Å². The van der Waals surface area contributed by atoms with Crippen LogP contribution in [0.1, 0.15) is 26.5 Å². The van der Waals surface area contributed by atoms with Gasteiger partial charge in [-0.15, -0.1) is 0 Å². The average molecular weight is 449 g/mol. The third-order valence-electron chi connectivity index (χ3n) is 3.97. The number of hydrogen-bond donors (Lipinski definition) is 3. The summed E-state index contributed by atoms with van der Waals surface area (Å²) in [7, 11) is 0. The van der Waals surface area contributed by atoms with Gasteiger partial charge in [-0.05, 0) is 61.1 Å². The van der Waals surface area contributed by atoms with Gasteiger partial charge in [0.1, 0.15) is 5.76 Å². The van der Waals surface area contributed by atoms with E-state index in [1.165, 1.54) is 24.3 Å². The molecule has 1 amide bonds. The highest BCUT2D eigenvalue weighted by atomic mass is 35.5. The number of rotatable bonds is 4. The second-order valence-corrected chi connectivity index (χ2v) is 7.26. The molecule has 0 saturated heterocycles. The molecule has 0 bridgehead atoms. The number of thiocarbonyl (C=S) groups is 1. The van der Waals surface area contributed by atoms with E-state index in [1.807, 2.05) is 19.1 Å². The molecule has 0 unspecified atom stereocenters. The van der Waals surface area contributed by atoms with Crippen LogP contribution >= 0.6 is 35.4 Å². The van der Waals surface area contributed by atoms with Crippen LogP contribution in [0.3, 0.4) is 0 Å². The lowest BCUT2D eigenvalue weighted by Gasteiger charge is -2.09. The Morgan fingerprint density at radius 3 is 2.45 bits per heavy atom. The zero-order valence-corrected chi connectivity index (χ0v) is 17.3. The maximum atomic E-state index is 12.4. The Kier molecular flexibility index (Phi) is 6.22. The van der Waals surface area contributed by atoms with Gasteiger partial charge in [-0.3, -0.25) is 10.1 Å². The number of amides is 1. The number of benzene rings is 2. The summed E-state index contributed by atoms with van der Waals surface area (Å²) in [4.78, 5) is 23.4. The lowest BCUT2D eigenvalue weighted by Crippen LogP contribution is -2.33. The van der Waals surface area contributed by atoms with Gasteiger partial charge in [0.15, 0.2) is 10.9 Å². The van der Waals surface area contributed by atoms with Gasteiger partial charge in [0, 0.05) is 16.3 Å². The predicted octanol–water partition coefficient (Wildman–Crippen LogP) is 5.39. The van der Waals surface area contributed by atoms with E-state index in [4.69, 9.17) is 44.9 Å². The van der Waals surface area contributed by atoms with E-state index in [2.05, 4.69) is 10.6 Å². The summed E-state index contributed by atoms with van der Waals surface area (Å²) in [5, 5.41) is 14.9. The molecule has 0 aliphatic rings.